The largest absolute Gasteiger partial charge is 0.489 e. The quantitative estimate of drug-likeness (QED) is 0.543. The fourth-order valence-electron chi connectivity index (χ4n) is 4.09. The van der Waals surface area contributed by atoms with Crippen molar-refractivity contribution in [2.24, 2.45) is 0 Å². The number of hydrogen-bond acceptors (Lipinski definition) is 5. The molecule has 168 valence electrons. The van der Waals surface area contributed by atoms with Crippen LogP contribution in [0.4, 0.5) is 0 Å². The van der Waals surface area contributed by atoms with Crippen LogP contribution in [0.5, 0.6) is 5.75 Å². The van der Waals surface area contributed by atoms with Crippen molar-refractivity contribution in [3.63, 3.8) is 0 Å². The normalized spacial score (nSPS) is 15.3. The molecule has 1 saturated heterocycles. The SMILES string of the molecule is Cc1noc(C)c1COc1cccc(C(=O)NCC2(c3cccc(Cl)c3)CCOCC2)c1. The maximum atomic E-state index is 13.0. The summed E-state index contributed by atoms with van der Waals surface area (Å²) >= 11 is 6.25. The molecule has 0 bridgehead atoms. The van der Waals surface area contributed by atoms with E-state index in [0.717, 1.165) is 35.4 Å². The minimum absolute atomic E-state index is 0.138. The zero-order valence-corrected chi connectivity index (χ0v) is 19.1. The molecular weight excluding hydrogens is 428 g/mol. The van der Waals surface area contributed by atoms with E-state index in [0.29, 0.717) is 42.7 Å². The number of nitrogens with one attached hydrogen (secondary N) is 1. The van der Waals surface area contributed by atoms with Gasteiger partial charge in [0.05, 0.1) is 11.3 Å². The van der Waals surface area contributed by atoms with E-state index in [2.05, 4.69) is 16.5 Å². The van der Waals surface area contributed by atoms with Crippen LogP contribution in [-0.2, 0) is 16.8 Å². The number of aryl methyl sites for hydroxylation is 2. The van der Waals surface area contributed by atoms with Gasteiger partial charge in [-0.15, -0.1) is 0 Å². The Balaban J connectivity index is 1.44. The van der Waals surface area contributed by atoms with Gasteiger partial charge in [0, 0.05) is 35.8 Å². The molecule has 1 amide bonds. The number of benzene rings is 2. The molecule has 2 aromatic carbocycles. The lowest BCUT2D eigenvalue weighted by Crippen LogP contribution is -2.44. The average molecular weight is 455 g/mol. The number of hydrogen-bond donors (Lipinski definition) is 1. The molecule has 0 spiro atoms. The summed E-state index contributed by atoms with van der Waals surface area (Å²) in [6.07, 6.45) is 1.66. The molecule has 7 heteroatoms. The van der Waals surface area contributed by atoms with Gasteiger partial charge in [0.1, 0.15) is 18.1 Å². The molecule has 6 nitrogen and oxygen atoms in total. The van der Waals surface area contributed by atoms with Gasteiger partial charge in [-0.2, -0.15) is 0 Å². The van der Waals surface area contributed by atoms with E-state index in [-0.39, 0.29) is 11.3 Å². The molecule has 2 heterocycles. The predicted molar refractivity (Wildman–Crippen MR) is 122 cm³/mol. The van der Waals surface area contributed by atoms with E-state index >= 15 is 0 Å². The summed E-state index contributed by atoms with van der Waals surface area (Å²) in [6.45, 7) is 5.91. The topological polar surface area (TPSA) is 73.6 Å². The first kappa shape index (κ1) is 22.4. The predicted octanol–water partition coefficient (Wildman–Crippen LogP) is 5.00. The first-order chi connectivity index (χ1) is 15.5. The number of nitrogens with zero attached hydrogens (tertiary/aromatic N) is 1. The van der Waals surface area contributed by atoms with Crippen molar-refractivity contribution in [3.05, 3.63) is 81.7 Å². The van der Waals surface area contributed by atoms with Gasteiger partial charge in [0.2, 0.25) is 0 Å². The molecule has 1 fully saturated rings. The Morgan fingerprint density at radius 3 is 2.66 bits per heavy atom. The number of amides is 1. The maximum absolute atomic E-state index is 13.0. The third kappa shape index (κ3) is 4.97. The highest BCUT2D eigenvalue weighted by Crippen LogP contribution is 2.35. The van der Waals surface area contributed by atoms with Gasteiger partial charge in [0.25, 0.3) is 5.91 Å². The van der Waals surface area contributed by atoms with Crippen LogP contribution in [0.15, 0.2) is 53.1 Å². The van der Waals surface area contributed by atoms with E-state index in [1.54, 1.807) is 12.1 Å². The molecule has 4 rings (SSSR count). The van der Waals surface area contributed by atoms with Crippen molar-refractivity contribution in [1.29, 1.82) is 0 Å². The summed E-state index contributed by atoms with van der Waals surface area (Å²) in [4.78, 5) is 13.0. The number of halogens is 1. The number of ether oxygens (including phenoxy) is 2. The molecule has 3 aromatic rings. The van der Waals surface area contributed by atoms with E-state index in [9.17, 15) is 4.79 Å². The highest BCUT2D eigenvalue weighted by molar-refractivity contribution is 6.30. The molecule has 1 aromatic heterocycles. The van der Waals surface area contributed by atoms with Crippen LogP contribution in [0, 0.1) is 13.8 Å². The molecule has 32 heavy (non-hydrogen) atoms. The molecule has 0 saturated carbocycles. The van der Waals surface area contributed by atoms with E-state index in [1.165, 1.54) is 0 Å². The summed E-state index contributed by atoms with van der Waals surface area (Å²) in [7, 11) is 0. The second kappa shape index (κ2) is 9.76. The number of aromatic nitrogens is 1. The Hall–Kier alpha value is -2.83. The Bertz CT molecular complexity index is 1070. The van der Waals surface area contributed by atoms with E-state index < -0.39 is 0 Å². The molecule has 0 aliphatic carbocycles. The van der Waals surface area contributed by atoms with Crippen LogP contribution in [0.1, 0.15) is 45.8 Å². The standard InChI is InChI=1S/C25H27ClN2O4/c1-17-23(18(2)32-28-17)15-31-22-8-3-5-19(13-22)24(29)27-16-25(9-11-30-12-10-25)20-6-4-7-21(26)14-20/h3-8,13-14H,9-12,15-16H2,1-2H3,(H,27,29). The summed E-state index contributed by atoms with van der Waals surface area (Å²) in [5.74, 6) is 1.22. The lowest BCUT2D eigenvalue weighted by molar-refractivity contribution is 0.0487. The number of carbonyl (C=O) groups excluding carboxylic acids is 1. The third-order valence-corrected chi connectivity index (χ3v) is 6.37. The van der Waals surface area contributed by atoms with Crippen LogP contribution < -0.4 is 10.1 Å². The van der Waals surface area contributed by atoms with Gasteiger partial charge >= 0.3 is 0 Å². The Morgan fingerprint density at radius 2 is 1.94 bits per heavy atom. The summed E-state index contributed by atoms with van der Waals surface area (Å²) in [5.41, 5.74) is 3.21. The van der Waals surface area contributed by atoms with Gasteiger partial charge in [-0.1, -0.05) is 35.0 Å². The molecule has 1 aliphatic heterocycles. The van der Waals surface area contributed by atoms with Gasteiger partial charge < -0.3 is 19.3 Å². The van der Waals surface area contributed by atoms with Gasteiger partial charge in [0.15, 0.2) is 0 Å². The molecule has 0 unspecified atom stereocenters. The van der Waals surface area contributed by atoms with E-state index in [1.807, 2.05) is 44.2 Å². The Morgan fingerprint density at radius 1 is 1.16 bits per heavy atom. The van der Waals surface area contributed by atoms with Crippen LogP contribution >= 0.6 is 11.6 Å². The Labute approximate surface area is 192 Å². The highest BCUT2D eigenvalue weighted by Gasteiger charge is 2.35. The third-order valence-electron chi connectivity index (χ3n) is 6.13. The minimum Gasteiger partial charge on any atom is -0.489 e. The van der Waals surface area contributed by atoms with Gasteiger partial charge in [-0.25, -0.2) is 0 Å². The fraction of sp³-hybridized carbons (Fsp3) is 0.360. The minimum atomic E-state index is -0.198. The fourth-order valence-corrected chi connectivity index (χ4v) is 4.28. The smallest absolute Gasteiger partial charge is 0.251 e. The van der Waals surface area contributed by atoms with Gasteiger partial charge in [-0.3, -0.25) is 4.79 Å². The highest BCUT2D eigenvalue weighted by atomic mass is 35.5. The average Bonchev–Trinajstić information content (AvgIpc) is 3.14. The van der Waals surface area contributed by atoms with Crippen molar-refractivity contribution >= 4 is 17.5 Å². The van der Waals surface area contributed by atoms with Crippen LogP contribution in [0.25, 0.3) is 0 Å². The van der Waals surface area contributed by atoms with Crippen LogP contribution in [0.3, 0.4) is 0 Å². The monoisotopic (exact) mass is 454 g/mol. The zero-order valence-electron chi connectivity index (χ0n) is 18.3. The molecular formula is C25H27ClN2O4. The first-order valence-electron chi connectivity index (χ1n) is 10.7. The van der Waals surface area contributed by atoms with Gasteiger partial charge in [-0.05, 0) is 62.6 Å². The molecule has 1 aliphatic rings. The van der Waals surface area contributed by atoms with Crippen LogP contribution in [0.2, 0.25) is 5.02 Å². The van der Waals surface area contributed by atoms with Crippen molar-refractivity contribution in [2.45, 2.75) is 38.7 Å². The summed E-state index contributed by atoms with van der Waals surface area (Å²) < 4.78 is 16.7. The zero-order chi connectivity index (χ0) is 22.6. The summed E-state index contributed by atoms with van der Waals surface area (Å²) in [6, 6.07) is 15.1. The number of rotatable bonds is 7. The first-order valence-corrected chi connectivity index (χ1v) is 11.1. The lowest BCUT2D eigenvalue weighted by Gasteiger charge is -2.38. The molecule has 0 atom stereocenters. The molecule has 0 radical (unpaired) electrons. The second-order valence-corrected chi connectivity index (χ2v) is 8.64. The van der Waals surface area contributed by atoms with Crippen molar-refractivity contribution < 1.29 is 18.8 Å². The van der Waals surface area contributed by atoms with Crippen molar-refractivity contribution in [3.8, 4) is 5.75 Å². The second-order valence-electron chi connectivity index (χ2n) is 8.20. The van der Waals surface area contributed by atoms with Crippen molar-refractivity contribution in [1.82, 2.24) is 10.5 Å². The molecule has 1 N–H and O–H groups in total. The maximum Gasteiger partial charge on any atom is 0.251 e. The van der Waals surface area contributed by atoms with E-state index in [4.69, 9.17) is 25.6 Å². The summed E-state index contributed by atoms with van der Waals surface area (Å²) in [5, 5.41) is 7.77. The Kier molecular flexibility index (Phi) is 6.82. The number of carbonyl (C=O) groups is 1. The van der Waals surface area contributed by atoms with Crippen LogP contribution in [-0.4, -0.2) is 30.8 Å². The van der Waals surface area contributed by atoms with Crippen molar-refractivity contribution in [2.75, 3.05) is 19.8 Å². The lowest BCUT2D eigenvalue weighted by atomic mass is 9.74.